The van der Waals surface area contributed by atoms with E-state index in [1.54, 1.807) is 11.3 Å². The van der Waals surface area contributed by atoms with Crippen molar-refractivity contribution in [3.05, 3.63) is 16.1 Å². The molecule has 1 amide bonds. The number of nitrogens with zero attached hydrogens (tertiary/aromatic N) is 1. The van der Waals surface area contributed by atoms with Crippen molar-refractivity contribution < 1.29 is 4.79 Å². The number of hydrogen-bond donors (Lipinski definition) is 2. The van der Waals surface area contributed by atoms with Crippen LogP contribution in [-0.4, -0.2) is 24.0 Å². The Kier molecular flexibility index (Phi) is 6.15. The Morgan fingerprint density at radius 2 is 2.29 bits per heavy atom. The minimum absolute atomic E-state index is 0.0533. The number of amides is 1. The molecule has 2 N–H and O–H groups in total. The maximum atomic E-state index is 11.4. The molecule has 0 aromatic carbocycles. The molecule has 0 atom stereocenters. The van der Waals surface area contributed by atoms with Crippen molar-refractivity contribution in [2.75, 3.05) is 13.1 Å². The van der Waals surface area contributed by atoms with Crippen LogP contribution in [0.2, 0.25) is 0 Å². The summed E-state index contributed by atoms with van der Waals surface area (Å²) in [5.74, 6) is 0.679. The first kappa shape index (κ1) is 14.1. The zero-order valence-electron chi connectivity index (χ0n) is 10.7. The van der Waals surface area contributed by atoms with Crippen molar-refractivity contribution in [2.24, 2.45) is 5.92 Å². The van der Waals surface area contributed by atoms with Crippen LogP contribution in [0.3, 0.4) is 0 Å². The topological polar surface area (TPSA) is 54.0 Å². The van der Waals surface area contributed by atoms with Crippen LogP contribution in [0.4, 0.5) is 0 Å². The Hall–Kier alpha value is -0.940. The summed E-state index contributed by atoms with van der Waals surface area (Å²) >= 11 is 1.63. The van der Waals surface area contributed by atoms with E-state index in [1.165, 1.54) is 0 Å². The van der Waals surface area contributed by atoms with Crippen molar-refractivity contribution >= 4 is 17.2 Å². The molecule has 96 valence electrons. The number of carbonyl (C=O) groups excluding carboxylic acids is 1. The van der Waals surface area contributed by atoms with E-state index in [4.69, 9.17) is 0 Å². The number of rotatable bonds is 7. The molecule has 17 heavy (non-hydrogen) atoms. The number of aromatic nitrogens is 1. The summed E-state index contributed by atoms with van der Waals surface area (Å²) in [4.78, 5) is 15.7. The van der Waals surface area contributed by atoms with Gasteiger partial charge in [-0.3, -0.25) is 4.79 Å². The number of carbonyl (C=O) groups is 1. The molecule has 1 aromatic rings. The van der Waals surface area contributed by atoms with E-state index < -0.39 is 0 Å². The van der Waals surface area contributed by atoms with Gasteiger partial charge in [0.1, 0.15) is 0 Å². The predicted molar refractivity (Wildman–Crippen MR) is 71.0 cm³/mol. The van der Waals surface area contributed by atoms with Gasteiger partial charge in [-0.05, 0) is 19.3 Å². The fraction of sp³-hybridized carbons (Fsp3) is 0.667. The quantitative estimate of drug-likeness (QED) is 0.780. The molecule has 0 aliphatic carbocycles. The highest BCUT2D eigenvalue weighted by molar-refractivity contribution is 7.09. The smallest absolute Gasteiger partial charge is 0.233 e. The van der Waals surface area contributed by atoms with E-state index in [2.05, 4.69) is 29.5 Å². The molecule has 0 aliphatic heterocycles. The number of hydrogen-bond acceptors (Lipinski definition) is 4. The Morgan fingerprint density at radius 1 is 1.53 bits per heavy atom. The first-order valence-electron chi connectivity index (χ1n) is 5.96. The third-order valence-corrected chi connectivity index (χ3v) is 3.12. The second kappa shape index (κ2) is 7.40. The summed E-state index contributed by atoms with van der Waals surface area (Å²) in [6, 6.07) is 0. The van der Waals surface area contributed by atoms with Crippen LogP contribution >= 0.6 is 11.3 Å². The fourth-order valence-corrected chi connectivity index (χ4v) is 1.97. The van der Waals surface area contributed by atoms with Gasteiger partial charge in [-0.25, -0.2) is 4.98 Å². The summed E-state index contributed by atoms with van der Waals surface area (Å²) in [6.45, 7) is 8.04. The molecule has 0 radical (unpaired) electrons. The Morgan fingerprint density at radius 3 is 2.88 bits per heavy atom. The molecule has 0 spiro atoms. The average Bonchev–Trinajstić information content (AvgIpc) is 2.63. The maximum Gasteiger partial charge on any atom is 0.233 e. The molecular weight excluding hydrogens is 234 g/mol. The van der Waals surface area contributed by atoms with Crippen LogP contribution in [0.25, 0.3) is 0 Å². The molecule has 0 aliphatic rings. The van der Waals surface area contributed by atoms with Crippen LogP contribution in [-0.2, 0) is 11.3 Å². The Bertz CT molecular complexity index is 349. The molecular formula is C12H21N3OS. The normalized spacial score (nSPS) is 10.8. The molecule has 0 unspecified atom stereocenters. The van der Waals surface area contributed by atoms with Crippen molar-refractivity contribution in [1.29, 1.82) is 0 Å². The highest BCUT2D eigenvalue weighted by Crippen LogP contribution is 2.06. The van der Waals surface area contributed by atoms with E-state index in [9.17, 15) is 4.79 Å². The lowest BCUT2D eigenvalue weighted by Crippen LogP contribution is -2.34. The molecule has 5 heteroatoms. The predicted octanol–water partition coefficient (Wildman–Crippen LogP) is 1.70. The van der Waals surface area contributed by atoms with E-state index in [0.29, 0.717) is 19.0 Å². The van der Waals surface area contributed by atoms with E-state index in [1.807, 2.05) is 12.3 Å². The SMILES string of the molecule is Cc1nc(CNCC(=O)NCCC(C)C)cs1. The number of aryl methyl sites for hydroxylation is 1. The summed E-state index contributed by atoms with van der Waals surface area (Å²) < 4.78 is 0. The van der Waals surface area contributed by atoms with Gasteiger partial charge in [-0.15, -0.1) is 11.3 Å². The van der Waals surface area contributed by atoms with Crippen LogP contribution < -0.4 is 10.6 Å². The molecule has 0 saturated heterocycles. The van der Waals surface area contributed by atoms with Crippen molar-refractivity contribution in [1.82, 2.24) is 15.6 Å². The average molecular weight is 255 g/mol. The Balaban J connectivity index is 2.08. The highest BCUT2D eigenvalue weighted by atomic mass is 32.1. The van der Waals surface area contributed by atoms with Crippen LogP contribution in [0.1, 0.15) is 31.0 Å². The molecule has 1 heterocycles. The second-order valence-electron chi connectivity index (χ2n) is 4.49. The van der Waals surface area contributed by atoms with Crippen molar-refractivity contribution in [3.8, 4) is 0 Å². The second-order valence-corrected chi connectivity index (χ2v) is 5.56. The fourth-order valence-electron chi connectivity index (χ4n) is 1.36. The zero-order chi connectivity index (χ0) is 12.7. The lowest BCUT2D eigenvalue weighted by atomic mass is 10.1. The highest BCUT2D eigenvalue weighted by Gasteiger charge is 2.02. The van der Waals surface area contributed by atoms with Crippen molar-refractivity contribution in [2.45, 2.75) is 33.7 Å². The van der Waals surface area contributed by atoms with Crippen LogP contribution in [0, 0.1) is 12.8 Å². The van der Waals surface area contributed by atoms with E-state index >= 15 is 0 Å². The standard InChI is InChI=1S/C12H21N3OS/c1-9(2)4-5-14-12(16)7-13-6-11-8-17-10(3)15-11/h8-9,13H,4-7H2,1-3H3,(H,14,16). The number of thiazole rings is 1. The van der Waals surface area contributed by atoms with Crippen LogP contribution in [0.15, 0.2) is 5.38 Å². The molecule has 1 rings (SSSR count). The summed E-state index contributed by atoms with van der Waals surface area (Å²) in [6.07, 6.45) is 1.02. The van der Waals surface area contributed by atoms with Crippen molar-refractivity contribution in [3.63, 3.8) is 0 Å². The van der Waals surface area contributed by atoms with E-state index in [-0.39, 0.29) is 5.91 Å². The van der Waals surface area contributed by atoms with Gasteiger partial charge < -0.3 is 10.6 Å². The Labute approximate surface area is 107 Å². The minimum atomic E-state index is 0.0533. The minimum Gasteiger partial charge on any atom is -0.355 e. The van der Waals surface area contributed by atoms with Gasteiger partial charge in [-0.2, -0.15) is 0 Å². The maximum absolute atomic E-state index is 11.4. The third kappa shape index (κ3) is 6.38. The molecule has 0 saturated carbocycles. The first-order valence-corrected chi connectivity index (χ1v) is 6.84. The summed E-state index contributed by atoms with van der Waals surface area (Å²) in [5.41, 5.74) is 1.00. The first-order chi connectivity index (χ1) is 8.08. The lowest BCUT2D eigenvalue weighted by Gasteiger charge is -2.07. The van der Waals surface area contributed by atoms with Gasteiger partial charge >= 0.3 is 0 Å². The largest absolute Gasteiger partial charge is 0.355 e. The van der Waals surface area contributed by atoms with Gasteiger partial charge in [0.05, 0.1) is 17.2 Å². The van der Waals surface area contributed by atoms with Gasteiger partial charge in [0.2, 0.25) is 5.91 Å². The summed E-state index contributed by atoms with van der Waals surface area (Å²) in [7, 11) is 0. The molecule has 1 aromatic heterocycles. The van der Waals surface area contributed by atoms with Gasteiger partial charge in [0.25, 0.3) is 0 Å². The van der Waals surface area contributed by atoms with Crippen LogP contribution in [0.5, 0.6) is 0 Å². The zero-order valence-corrected chi connectivity index (χ0v) is 11.6. The molecule has 0 bridgehead atoms. The lowest BCUT2D eigenvalue weighted by molar-refractivity contribution is -0.120. The monoisotopic (exact) mass is 255 g/mol. The number of nitrogens with one attached hydrogen (secondary N) is 2. The van der Waals surface area contributed by atoms with Gasteiger partial charge in [-0.1, -0.05) is 13.8 Å². The van der Waals surface area contributed by atoms with E-state index in [0.717, 1.165) is 23.7 Å². The van der Waals surface area contributed by atoms with Gasteiger partial charge in [0, 0.05) is 18.5 Å². The third-order valence-electron chi connectivity index (χ3n) is 2.30. The van der Waals surface area contributed by atoms with Gasteiger partial charge in [0.15, 0.2) is 0 Å². The summed E-state index contributed by atoms with van der Waals surface area (Å²) in [5, 5.41) is 9.04. The molecule has 4 nitrogen and oxygen atoms in total. The molecule has 0 fully saturated rings.